The summed E-state index contributed by atoms with van der Waals surface area (Å²) in [7, 11) is 0. The first-order chi connectivity index (χ1) is 12.7. The van der Waals surface area contributed by atoms with Crippen LogP contribution < -0.4 is 4.90 Å². The zero-order chi connectivity index (χ0) is 18.4. The smallest absolute Gasteiger partial charge is 0.140 e. The number of β-amino-alcohol motifs (C(OH)–C–C–N with tert-alkyl or cyclic N) is 1. The van der Waals surface area contributed by atoms with E-state index < -0.39 is 6.10 Å². The van der Waals surface area contributed by atoms with E-state index in [0.717, 1.165) is 44.0 Å². The van der Waals surface area contributed by atoms with Crippen molar-refractivity contribution in [3.63, 3.8) is 0 Å². The lowest BCUT2D eigenvalue weighted by atomic mass is 10.1. The van der Waals surface area contributed by atoms with E-state index in [1.54, 1.807) is 0 Å². The molecule has 3 rings (SSSR count). The van der Waals surface area contributed by atoms with E-state index in [4.69, 9.17) is 5.11 Å². The van der Waals surface area contributed by atoms with Crippen molar-refractivity contribution in [2.24, 2.45) is 0 Å². The Morgan fingerprint density at radius 3 is 2.23 bits per heavy atom. The minimum Gasteiger partial charge on any atom is -0.395 e. The molecule has 1 aliphatic heterocycles. The third-order valence-electron chi connectivity index (χ3n) is 4.56. The highest BCUT2D eigenvalue weighted by atomic mass is 19.1. The lowest BCUT2D eigenvalue weighted by Gasteiger charge is -2.35. The van der Waals surface area contributed by atoms with Crippen molar-refractivity contribution in [1.82, 2.24) is 4.90 Å². The molecule has 1 atom stereocenters. The van der Waals surface area contributed by atoms with Gasteiger partial charge < -0.3 is 15.1 Å². The summed E-state index contributed by atoms with van der Waals surface area (Å²) in [4.78, 5) is 4.58. The van der Waals surface area contributed by atoms with Crippen LogP contribution in [0.3, 0.4) is 0 Å². The summed E-state index contributed by atoms with van der Waals surface area (Å²) in [5.74, 6) is 5.42. The van der Waals surface area contributed by atoms with Gasteiger partial charge in [-0.2, -0.15) is 0 Å². The van der Waals surface area contributed by atoms with E-state index >= 15 is 0 Å². The van der Waals surface area contributed by atoms with Gasteiger partial charge in [0.1, 0.15) is 11.9 Å². The summed E-state index contributed by atoms with van der Waals surface area (Å²) in [6, 6.07) is 13.7. The van der Waals surface area contributed by atoms with Gasteiger partial charge in [-0.3, -0.25) is 4.90 Å². The summed E-state index contributed by atoms with van der Waals surface area (Å²) in [6.45, 7) is 4.72. The van der Waals surface area contributed by atoms with Crippen LogP contribution in [0.15, 0.2) is 48.5 Å². The maximum Gasteiger partial charge on any atom is 0.140 e. The van der Waals surface area contributed by atoms with Crippen molar-refractivity contribution in [3.05, 3.63) is 65.5 Å². The van der Waals surface area contributed by atoms with Crippen LogP contribution in [0.5, 0.6) is 0 Å². The largest absolute Gasteiger partial charge is 0.395 e. The molecular formula is C21H23FN2O2. The fourth-order valence-electron chi connectivity index (χ4n) is 3.01. The van der Waals surface area contributed by atoms with Crippen LogP contribution in [-0.2, 0) is 0 Å². The molecule has 2 aromatic carbocycles. The molecule has 136 valence electrons. The molecule has 2 aromatic rings. The van der Waals surface area contributed by atoms with E-state index in [0.29, 0.717) is 5.56 Å². The van der Waals surface area contributed by atoms with Gasteiger partial charge in [0.2, 0.25) is 0 Å². The summed E-state index contributed by atoms with van der Waals surface area (Å²) >= 11 is 0. The van der Waals surface area contributed by atoms with E-state index in [1.165, 1.54) is 24.3 Å². The summed E-state index contributed by atoms with van der Waals surface area (Å²) in [5.41, 5.74) is 2.56. The minimum atomic E-state index is -0.935. The molecule has 0 amide bonds. The Morgan fingerprint density at radius 2 is 1.62 bits per heavy atom. The van der Waals surface area contributed by atoms with Crippen molar-refractivity contribution in [2.75, 3.05) is 44.2 Å². The van der Waals surface area contributed by atoms with Crippen molar-refractivity contribution in [2.45, 2.75) is 6.10 Å². The molecule has 0 radical (unpaired) electrons. The molecule has 2 N–H and O–H groups in total. The first-order valence-corrected chi connectivity index (χ1v) is 8.79. The topological polar surface area (TPSA) is 46.9 Å². The van der Waals surface area contributed by atoms with Gasteiger partial charge in [0.05, 0.1) is 6.61 Å². The highest BCUT2D eigenvalue weighted by molar-refractivity contribution is 5.51. The Labute approximate surface area is 153 Å². The Hall–Kier alpha value is -2.39. The molecule has 1 fully saturated rings. The van der Waals surface area contributed by atoms with Crippen LogP contribution in [0, 0.1) is 17.7 Å². The minimum absolute atomic E-state index is 0.205. The van der Waals surface area contributed by atoms with E-state index in [1.807, 2.05) is 24.3 Å². The van der Waals surface area contributed by atoms with Gasteiger partial charge in [-0.15, -0.1) is 0 Å². The first-order valence-electron chi connectivity index (χ1n) is 8.79. The van der Waals surface area contributed by atoms with Crippen LogP contribution in [0.2, 0.25) is 0 Å². The summed E-state index contributed by atoms with van der Waals surface area (Å²) in [6.07, 6.45) is -0.935. The number of aliphatic hydroxyl groups excluding tert-OH is 2. The van der Waals surface area contributed by atoms with Crippen molar-refractivity contribution < 1.29 is 14.6 Å². The predicted molar refractivity (Wildman–Crippen MR) is 100 cm³/mol. The molecule has 1 unspecified atom stereocenters. The normalized spacial score (nSPS) is 16.0. The molecule has 1 saturated heterocycles. The van der Waals surface area contributed by atoms with E-state index in [-0.39, 0.29) is 12.4 Å². The third-order valence-corrected chi connectivity index (χ3v) is 4.56. The molecule has 0 saturated carbocycles. The molecule has 0 spiro atoms. The molecule has 0 bridgehead atoms. The van der Waals surface area contributed by atoms with Gasteiger partial charge in [-0.25, -0.2) is 4.39 Å². The second-order valence-electron chi connectivity index (χ2n) is 6.32. The number of hydrogen-bond acceptors (Lipinski definition) is 4. The van der Waals surface area contributed by atoms with Crippen LogP contribution in [0.25, 0.3) is 0 Å². The predicted octanol–water partition coefficient (Wildman–Crippen LogP) is 2.03. The number of anilines is 1. The fraction of sp³-hybridized carbons (Fsp3) is 0.333. The number of nitrogens with zero attached hydrogens (tertiary/aromatic N) is 2. The molecule has 1 aliphatic rings. The third kappa shape index (κ3) is 4.83. The first kappa shape index (κ1) is 18.4. The van der Waals surface area contributed by atoms with Crippen LogP contribution in [0.4, 0.5) is 10.1 Å². The van der Waals surface area contributed by atoms with Gasteiger partial charge in [-0.05, 0) is 42.0 Å². The van der Waals surface area contributed by atoms with Crippen molar-refractivity contribution in [1.29, 1.82) is 0 Å². The summed E-state index contributed by atoms with van der Waals surface area (Å²) < 4.78 is 12.9. The van der Waals surface area contributed by atoms with Crippen LogP contribution in [-0.4, -0.2) is 54.4 Å². The van der Waals surface area contributed by atoms with Gasteiger partial charge in [0, 0.05) is 44.0 Å². The number of aliphatic hydroxyl groups is 2. The zero-order valence-corrected chi connectivity index (χ0v) is 14.6. The van der Waals surface area contributed by atoms with Gasteiger partial charge in [0.25, 0.3) is 0 Å². The lowest BCUT2D eigenvalue weighted by molar-refractivity contribution is 0.189. The zero-order valence-electron chi connectivity index (χ0n) is 14.6. The Bertz CT molecular complexity index is 757. The molecular weight excluding hydrogens is 331 g/mol. The van der Waals surface area contributed by atoms with Crippen molar-refractivity contribution in [3.8, 4) is 11.8 Å². The second-order valence-corrected chi connectivity index (χ2v) is 6.32. The molecule has 5 heteroatoms. The SMILES string of the molecule is OCCN1CCN(c2ccc(C#CC(O)c3ccc(F)cc3)cc2)CC1. The standard InChI is InChI=1S/C21H23FN2O2/c22-19-6-4-18(5-7-19)21(26)10-3-17-1-8-20(9-2-17)24-13-11-23(12-14-24)15-16-25/h1-2,4-9,21,25-26H,11-16H2. The van der Waals surface area contributed by atoms with Crippen molar-refractivity contribution >= 4 is 5.69 Å². The quantitative estimate of drug-likeness (QED) is 0.825. The van der Waals surface area contributed by atoms with Gasteiger partial charge in [0.15, 0.2) is 0 Å². The summed E-state index contributed by atoms with van der Waals surface area (Å²) in [5, 5.41) is 19.1. The Kier molecular flexibility index (Phi) is 6.24. The molecule has 1 heterocycles. The number of halogens is 1. The monoisotopic (exact) mass is 354 g/mol. The Balaban J connectivity index is 1.59. The fourth-order valence-corrected chi connectivity index (χ4v) is 3.01. The Morgan fingerprint density at radius 1 is 0.962 bits per heavy atom. The average molecular weight is 354 g/mol. The molecule has 0 aromatic heterocycles. The molecule has 26 heavy (non-hydrogen) atoms. The average Bonchev–Trinajstić information content (AvgIpc) is 2.68. The lowest BCUT2D eigenvalue weighted by Crippen LogP contribution is -2.47. The van der Waals surface area contributed by atoms with E-state index in [2.05, 4.69) is 21.6 Å². The highest BCUT2D eigenvalue weighted by Crippen LogP contribution is 2.18. The second kappa shape index (κ2) is 8.81. The van der Waals surface area contributed by atoms with Gasteiger partial charge >= 0.3 is 0 Å². The number of benzene rings is 2. The number of piperazine rings is 1. The van der Waals surface area contributed by atoms with Gasteiger partial charge in [-0.1, -0.05) is 24.0 Å². The maximum absolute atomic E-state index is 12.9. The maximum atomic E-state index is 12.9. The number of hydrogen-bond donors (Lipinski definition) is 2. The molecule has 0 aliphatic carbocycles. The van der Waals surface area contributed by atoms with Crippen LogP contribution in [0.1, 0.15) is 17.2 Å². The van der Waals surface area contributed by atoms with E-state index in [9.17, 15) is 9.50 Å². The van der Waals surface area contributed by atoms with Crippen LogP contribution >= 0.6 is 0 Å². The molecule has 4 nitrogen and oxygen atoms in total. The highest BCUT2D eigenvalue weighted by Gasteiger charge is 2.16. The number of rotatable bonds is 4.